The van der Waals surface area contributed by atoms with Gasteiger partial charge in [-0.1, -0.05) is 30.6 Å². The molecule has 0 saturated carbocycles. The van der Waals surface area contributed by atoms with Gasteiger partial charge in [-0.2, -0.15) is 15.1 Å². The number of rotatable bonds is 9. The summed E-state index contributed by atoms with van der Waals surface area (Å²) < 4.78 is 6.76. The molecule has 3 heterocycles. The van der Waals surface area contributed by atoms with Gasteiger partial charge in [-0.3, -0.25) is 9.48 Å². The Morgan fingerprint density at radius 3 is 2.85 bits per heavy atom. The lowest BCUT2D eigenvalue weighted by atomic mass is 10.0. The average Bonchev–Trinajstić information content (AvgIpc) is 3.45. The highest BCUT2D eigenvalue weighted by molar-refractivity contribution is 5.89. The Bertz CT molecular complexity index is 1250. The summed E-state index contributed by atoms with van der Waals surface area (Å²) in [7, 11) is 1.84. The number of aryl methyl sites for hydroxylation is 3. The molecule has 0 aliphatic rings. The van der Waals surface area contributed by atoms with Gasteiger partial charge in [-0.15, -0.1) is 0 Å². The van der Waals surface area contributed by atoms with Crippen molar-refractivity contribution in [2.45, 2.75) is 39.7 Å². The highest BCUT2D eigenvalue weighted by Crippen LogP contribution is 2.20. The Labute approximate surface area is 190 Å². The van der Waals surface area contributed by atoms with E-state index in [9.17, 15) is 4.79 Å². The number of aromatic nitrogens is 7. The summed E-state index contributed by atoms with van der Waals surface area (Å²) in [6, 6.07) is 5.82. The molecule has 11 heteroatoms. The van der Waals surface area contributed by atoms with Gasteiger partial charge in [0.2, 0.25) is 5.95 Å². The second kappa shape index (κ2) is 9.98. The van der Waals surface area contributed by atoms with E-state index in [1.807, 2.05) is 38.4 Å². The largest absolute Gasteiger partial charge is 0.344 e. The molecule has 11 nitrogen and oxygen atoms in total. The van der Waals surface area contributed by atoms with E-state index in [-0.39, 0.29) is 5.89 Å². The smallest absolute Gasteiger partial charge is 0.315 e. The highest BCUT2D eigenvalue weighted by Gasteiger charge is 2.15. The number of nitrogens with zero attached hydrogens (tertiary/aromatic N) is 7. The van der Waals surface area contributed by atoms with Crippen LogP contribution >= 0.6 is 0 Å². The maximum atomic E-state index is 12.3. The minimum Gasteiger partial charge on any atom is -0.344 e. The van der Waals surface area contributed by atoms with Crippen LogP contribution in [0.25, 0.3) is 11.4 Å². The van der Waals surface area contributed by atoms with Crippen LogP contribution in [0.4, 0.5) is 11.6 Å². The monoisotopic (exact) mass is 447 g/mol. The molecular formula is C22H25N9O2. The lowest BCUT2D eigenvalue weighted by Crippen LogP contribution is -2.23. The molecule has 1 aromatic carbocycles. The van der Waals surface area contributed by atoms with Crippen LogP contribution in [0, 0.1) is 6.92 Å². The molecule has 33 heavy (non-hydrogen) atoms. The van der Waals surface area contributed by atoms with Gasteiger partial charge in [0.15, 0.2) is 11.6 Å². The number of anilines is 2. The van der Waals surface area contributed by atoms with E-state index >= 15 is 0 Å². The molecular weight excluding hydrogens is 422 g/mol. The van der Waals surface area contributed by atoms with Crippen LogP contribution in [0.15, 0.2) is 41.4 Å². The van der Waals surface area contributed by atoms with Crippen LogP contribution in [-0.4, -0.2) is 40.8 Å². The van der Waals surface area contributed by atoms with Gasteiger partial charge in [0, 0.05) is 31.8 Å². The molecule has 0 saturated heterocycles. The van der Waals surface area contributed by atoms with E-state index in [4.69, 9.17) is 4.52 Å². The van der Waals surface area contributed by atoms with Crippen LogP contribution < -0.4 is 10.6 Å². The molecule has 4 aromatic rings. The fourth-order valence-corrected chi connectivity index (χ4v) is 3.18. The molecule has 0 radical (unpaired) electrons. The van der Waals surface area contributed by atoms with Gasteiger partial charge < -0.3 is 15.2 Å². The molecule has 2 N–H and O–H groups in total. The van der Waals surface area contributed by atoms with Crippen molar-refractivity contribution in [2.75, 3.05) is 5.32 Å². The molecule has 3 aromatic heterocycles. The Morgan fingerprint density at radius 2 is 2.09 bits per heavy atom. The highest BCUT2D eigenvalue weighted by atomic mass is 16.5. The number of carbonyl (C=O) groups is 1. The molecule has 170 valence electrons. The third-order valence-electron chi connectivity index (χ3n) is 4.99. The van der Waals surface area contributed by atoms with Gasteiger partial charge in [-0.25, -0.2) is 9.97 Å². The van der Waals surface area contributed by atoms with Crippen LogP contribution in [0.5, 0.6) is 0 Å². The SMILES string of the molecule is CCCCc1noc(C(=O)NCc2ccc(-c3ncnc(Nc4cnn(C)c4)n3)cc2C)n1. The molecule has 1 amide bonds. The molecule has 0 spiro atoms. The van der Waals surface area contributed by atoms with E-state index in [2.05, 4.69) is 47.7 Å². The lowest BCUT2D eigenvalue weighted by Gasteiger charge is -2.09. The molecule has 0 aliphatic heterocycles. The fourth-order valence-electron chi connectivity index (χ4n) is 3.18. The summed E-state index contributed by atoms with van der Waals surface area (Å²) in [6.07, 6.45) is 7.66. The quantitative estimate of drug-likeness (QED) is 0.397. The first-order valence-electron chi connectivity index (χ1n) is 10.7. The standard InChI is InChI=1S/C22H25N9O2/c1-4-5-6-18-28-21(33-30-18)20(32)23-10-16-8-7-15(9-14(16)2)19-24-13-25-22(29-19)27-17-11-26-31(3)12-17/h7-9,11-13H,4-6,10H2,1-3H3,(H,23,32)(H,24,25,27,29). The zero-order valence-electron chi connectivity index (χ0n) is 18.7. The van der Waals surface area contributed by atoms with E-state index in [1.54, 1.807) is 10.9 Å². The van der Waals surface area contributed by atoms with Crippen molar-refractivity contribution in [2.24, 2.45) is 7.05 Å². The van der Waals surface area contributed by atoms with Crippen molar-refractivity contribution in [3.05, 3.63) is 59.8 Å². The van der Waals surface area contributed by atoms with Crippen molar-refractivity contribution in [3.63, 3.8) is 0 Å². The van der Waals surface area contributed by atoms with E-state index in [0.29, 0.717) is 30.6 Å². The number of carbonyl (C=O) groups excluding carboxylic acids is 1. The number of unbranched alkanes of at least 4 members (excludes halogenated alkanes) is 1. The zero-order valence-corrected chi connectivity index (χ0v) is 18.7. The number of amides is 1. The Morgan fingerprint density at radius 1 is 1.21 bits per heavy atom. The topological polar surface area (TPSA) is 137 Å². The minimum absolute atomic E-state index is 0.0193. The molecule has 0 bridgehead atoms. The summed E-state index contributed by atoms with van der Waals surface area (Å²) in [6.45, 7) is 4.39. The summed E-state index contributed by atoms with van der Waals surface area (Å²) in [5.41, 5.74) is 3.58. The van der Waals surface area contributed by atoms with Crippen molar-refractivity contribution in [1.29, 1.82) is 0 Å². The lowest BCUT2D eigenvalue weighted by molar-refractivity contribution is 0.0907. The van der Waals surface area contributed by atoms with Crippen LogP contribution in [0.2, 0.25) is 0 Å². The maximum Gasteiger partial charge on any atom is 0.315 e. The molecule has 0 fully saturated rings. The van der Waals surface area contributed by atoms with Crippen molar-refractivity contribution in [3.8, 4) is 11.4 Å². The predicted molar refractivity (Wildman–Crippen MR) is 121 cm³/mol. The van der Waals surface area contributed by atoms with Gasteiger partial charge in [-0.05, 0) is 30.5 Å². The number of hydrogen-bond acceptors (Lipinski definition) is 9. The van der Waals surface area contributed by atoms with Crippen LogP contribution in [-0.2, 0) is 20.0 Å². The minimum atomic E-state index is -0.391. The number of hydrogen-bond donors (Lipinski definition) is 2. The second-order valence-corrected chi connectivity index (χ2v) is 7.60. The third kappa shape index (κ3) is 5.56. The van der Waals surface area contributed by atoms with Crippen molar-refractivity contribution < 1.29 is 9.32 Å². The van der Waals surface area contributed by atoms with Crippen molar-refractivity contribution >= 4 is 17.5 Å². The Kier molecular flexibility index (Phi) is 6.67. The van der Waals surface area contributed by atoms with Gasteiger partial charge in [0.25, 0.3) is 0 Å². The zero-order chi connectivity index (χ0) is 23.2. The van der Waals surface area contributed by atoms with Crippen LogP contribution in [0.1, 0.15) is 47.4 Å². The average molecular weight is 448 g/mol. The second-order valence-electron chi connectivity index (χ2n) is 7.60. The summed E-state index contributed by atoms with van der Waals surface area (Å²) >= 11 is 0. The maximum absolute atomic E-state index is 12.3. The Hall–Kier alpha value is -4.15. The Balaban J connectivity index is 1.40. The predicted octanol–water partition coefficient (Wildman–Crippen LogP) is 2.98. The van der Waals surface area contributed by atoms with E-state index in [0.717, 1.165) is 35.2 Å². The van der Waals surface area contributed by atoms with Gasteiger partial charge in [0.1, 0.15) is 6.33 Å². The van der Waals surface area contributed by atoms with Crippen molar-refractivity contribution in [1.82, 2.24) is 40.2 Å². The first-order valence-corrected chi connectivity index (χ1v) is 10.7. The molecule has 4 rings (SSSR count). The molecule has 0 unspecified atom stereocenters. The first-order chi connectivity index (χ1) is 16.0. The number of benzene rings is 1. The normalized spacial score (nSPS) is 10.9. The number of nitrogens with one attached hydrogen (secondary N) is 2. The first kappa shape index (κ1) is 22.1. The third-order valence-corrected chi connectivity index (χ3v) is 4.99. The van der Waals surface area contributed by atoms with E-state index < -0.39 is 5.91 Å². The fraction of sp³-hybridized carbons (Fsp3) is 0.318. The van der Waals surface area contributed by atoms with Gasteiger partial charge >= 0.3 is 11.8 Å². The summed E-state index contributed by atoms with van der Waals surface area (Å²) in [4.78, 5) is 29.4. The summed E-state index contributed by atoms with van der Waals surface area (Å²) in [5, 5.41) is 13.9. The van der Waals surface area contributed by atoms with Gasteiger partial charge in [0.05, 0.1) is 11.9 Å². The van der Waals surface area contributed by atoms with Crippen LogP contribution in [0.3, 0.4) is 0 Å². The molecule has 0 atom stereocenters. The van der Waals surface area contributed by atoms with E-state index in [1.165, 1.54) is 6.33 Å². The summed E-state index contributed by atoms with van der Waals surface area (Å²) in [5.74, 6) is 1.11. The molecule has 0 aliphatic carbocycles.